The molecule has 0 aliphatic carbocycles. The highest BCUT2D eigenvalue weighted by atomic mass is 35.7. The Morgan fingerprint density at radius 3 is 2.50 bits per heavy atom. The van der Waals surface area contributed by atoms with E-state index in [1.807, 2.05) is 6.92 Å². The second-order valence-electron chi connectivity index (χ2n) is 4.36. The van der Waals surface area contributed by atoms with Crippen LogP contribution < -0.4 is 0 Å². The van der Waals surface area contributed by atoms with Crippen LogP contribution in [0.1, 0.15) is 36.2 Å². The number of hydrogen-bond donors (Lipinski definition) is 0. The SMILES string of the molecule is CCC(C)OC(=O)c1cc(COC)cc(S(=O)(=O)Cl)c1. The van der Waals surface area contributed by atoms with E-state index in [0.717, 1.165) is 0 Å². The molecule has 0 aromatic heterocycles. The molecule has 0 saturated carbocycles. The van der Waals surface area contributed by atoms with E-state index in [2.05, 4.69) is 0 Å². The zero-order valence-electron chi connectivity index (χ0n) is 11.6. The van der Waals surface area contributed by atoms with Gasteiger partial charge in [-0.2, -0.15) is 0 Å². The van der Waals surface area contributed by atoms with Gasteiger partial charge in [-0.25, -0.2) is 13.2 Å². The lowest BCUT2D eigenvalue weighted by molar-refractivity contribution is 0.0334. The van der Waals surface area contributed by atoms with E-state index in [-0.39, 0.29) is 23.2 Å². The number of methoxy groups -OCH3 is 1. The molecule has 1 aromatic rings. The second kappa shape index (κ2) is 7.06. The molecule has 1 aromatic carbocycles. The van der Waals surface area contributed by atoms with Crippen LogP contribution in [0.25, 0.3) is 0 Å². The molecule has 20 heavy (non-hydrogen) atoms. The standard InChI is InChI=1S/C13H17ClO5S/c1-4-9(2)19-13(15)11-5-10(8-18-3)6-12(7-11)20(14,16)17/h5-7,9H,4,8H2,1-3H3. The molecule has 0 saturated heterocycles. The molecule has 5 nitrogen and oxygen atoms in total. The van der Waals surface area contributed by atoms with Crippen LogP contribution in [0.2, 0.25) is 0 Å². The molecule has 112 valence electrons. The summed E-state index contributed by atoms with van der Waals surface area (Å²) in [6, 6.07) is 4.10. The van der Waals surface area contributed by atoms with Crippen LogP contribution in [-0.2, 0) is 25.1 Å². The third-order valence-corrected chi connectivity index (χ3v) is 4.01. The van der Waals surface area contributed by atoms with Gasteiger partial charge in [-0.1, -0.05) is 6.92 Å². The summed E-state index contributed by atoms with van der Waals surface area (Å²) in [5.41, 5.74) is 0.671. The summed E-state index contributed by atoms with van der Waals surface area (Å²) >= 11 is 0. The van der Waals surface area contributed by atoms with Gasteiger partial charge in [-0.15, -0.1) is 0 Å². The van der Waals surface area contributed by atoms with Crippen molar-refractivity contribution in [3.8, 4) is 0 Å². The fraction of sp³-hybridized carbons (Fsp3) is 0.462. The van der Waals surface area contributed by atoms with Crippen molar-refractivity contribution in [2.24, 2.45) is 0 Å². The molecule has 7 heteroatoms. The highest BCUT2D eigenvalue weighted by Gasteiger charge is 2.18. The molecule has 1 unspecified atom stereocenters. The first-order valence-electron chi connectivity index (χ1n) is 6.06. The first-order valence-corrected chi connectivity index (χ1v) is 8.37. The highest BCUT2D eigenvalue weighted by Crippen LogP contribution is 2.20. The molecule has 0 aliphatic heterocycles. The van der Waals surface area contributed by atoms with Crippen molar-refractivity contribution in [1.29, 1.82) is 0 Å². The maximum Gasteiger partial charge on any atom is 0.338 e. The predicted molar refractivity (Wildman–Crippen MR) is 75.4 cm³/mol. The second-order valence-corrected chi connectivity index (χ2v) is 6.93. The van der Waals surface area contributed by atoms with E-state index in [1.54, 1.807) is 6.92 Å². The van der Waals surface area contributed by atoms with Crippen LogP contribution in [0.3, 0.4) is 0 Å². The van der Waals surface area contributed by atoms with Gasteiger partial charge < -0.3 is 9.47 Å². The van der Waals surface area contributed by atoms with Gasteiger partial charge in [0.1, 0.15) is 0 Å². The normalized spacial score (nSPS) is 13.0. The molecule has 1 atom stereocenters. The van der Waals surface area contributed by atoms with Crippen molar-refractivity contribution in [3.05, 3.63) is 29.3 Å². The van der Waals surface area contributed by atoms with Gasteiger partial charge in [0.25, 0.3) is 9.05 Å². The maximum atomic E-state index is 11.9. The summed E-state index contributed by atoms with van der Waals surface area (Å²) < 4.78 is 32.9. The van der Waals surface area contributed by atoms with Crippen LogP contribution >= 0.6 is 10.7 Å². The Balaban J connectivity index is 3.18. The quantitative estimate of drug-likeness (QED) is 0.595. The van der Waals surface area contributed by atoms with E-state index < -0.39 is 15.0 Å². The van der Waals surface area contributed by atoms with Crippen LogP contribution in [-0.4, -0.2) is 27.6 Å². The number of carbonyl (C=O) groups is 1. The highest BCUT2D eigenvalue weighted by molar-refractivity contribution is 8.13. The Labute approximate surface area is 123 Å². The fourth-order valence-corrected chi connectivity index (χ4v) is 2.33. The lowest BCUT2D eigenvalue weighted by atomic mass is 10.1. The number of hydrogen-bond acceptors (Lipinski definition) is 5. The Morgan fingerprint density at radius 1 is 1.35 bits per heavy atom. The molecule has 0 spiro atoms. The predicted octanol–water partition coefficient (Wildman–Crippen LogP) is 2.72. The smallest absolute Gasteiger partial charge is 0.338 e. The van der Waals surface area contributed by atoms with Crippen molar-refractivity contribution >= 4 is 25.7 Å². The van der Waals surface area contributed by atoms with E-state index in [4.69, 9.17) is 20.2 Å². The van der Waals surface area contributed by atoms with E-state index in [9.17, 15) is 13.2 Å². The van der Waals surface area contributed by atoms with Gasteiger partial charge >= 0.3 is 5.97 Å². The van der Waals surface area contributed by atoms with Crippen molar-refractivity contribution in [2.75, 3.05) is 7.11 Å². The van der Waals surface area contributed by atoms with Crippen LogP contribution in [0.15, 0.2) is 23.1 Å². The minimum atomic E-state index is -3.92. The Kier molecular flexibility index (Phi) is 5.98. The van der Waals surface area contributed by atoms with Gasteiger partial charge in [0.15, 0.2) is 0 Å². The van der Waals surface area contributed by atoms with E-state index in [0.29, 0.717) is 12.0 Å². The lowest BCUT2D eigenvalue weighted by Gasteiger charge is -2.12. The van der Waals surface area contributed by atoms with Crippen molar-refractivity contribution in [3.63, 3.8) is 0 Å². The number of halogens is 1. The van der Waals surface area contributed by atoms with E-state index in [1.165, 1.54) is 25.3 Å². The van der Waals surface area contributed by atoms with Gasteiger partial charge in [0, 0.05) is 17.8 Å². The summed E-state index contributed by atoms with van der Waals surface area (Å²) in [4.78, 5) is 11.8. The molecule has 0 fully saturated rings. The molecule has 0 heterocycles. The van der Waals surface area contributed by atoms with Crippen molar-refractivity contribution in [1.82, 2.24) is 0 Å². The summed E-state index contributed by atoms with van der Waals surface area (Å²) in [6.45, 7) is 3.81. The first kappa shape index (κ1) is 16.9. The van der Waals surface area contributed by atoms with Gasteiger partial charge in [-0.05, 0) is 37.1 Å². The zero-order valence-corrected chi connectivity index (χ0v) is 13.1. The minimum absolute atomic E-state index is 0.138. The third kappa shape index (κ3) is 4.77. The van der Waals surface area contributed by atoms with Crippen LogP contribution in [0, 0.1) is 0 Å². The number of ether oxygens (including phenoxy) is 2. The van der Waals surface area contributed by atoms with E-state index >= 15 is 0 Å². The number of esters is 1. The summed E-state index contributed by atoms with van der Waals surface area (Å²) in [5.74, 6) is -0.584. The van der Waals surface area contributed by atoms with Crippen LogP contribution in [0.5, 0.6) is 0 Å². The lowest BCUT2D eigenvalue weighted by Crippen LogP contribution is -2.14. The average molecular weight is 321 g/mol. The molecular weight excluding hydrogens is 304 g/mol. The fourth-order valence-electron chi connectivity index (χ4n) is 1.50. The maximum absolute atomic E-state index is 11.9. The largest absolute Gasteiger partial charge is 0.459 e. The number of rotatable bonds is 6. The zero-order chi connectivity index (χ0) is 15.3. The van der Waals surface area contributed by atoms with Gasteiger partial charge in [0.2, 0.25) is 0 Å². The summed E-state index contributed by atoms with van der Waals surface area (Å²) in [6.07, 6.45) is 0.425. The molecule has 0 radical (unpaired) electrons. The van der Waals surface area contributed by atoms with Crippen LogP contribution in [0.4, 0.5) is 0 Å². The number of benzene rings is 1. The molecule has 0 bridgehead atoms. The molecule has 1 rings (SSSR count). The molecular formula is C13H17ClO5S. The summed E-state index contributed by atoms with van der Waals surface area (Å²) in [5, 5.41) is 0. The molecule has 0 N–H and O–H groups in total. The monoisotopic (exact) mass is 320 g/mol. The Hall–Kier alpha value is -1.11. The Bertz CT molecular complexity index is 582. The number of carbonyl (C=O) groups excluding carboxylic acids is 1. The van der Waals surface area contributed by atoms with Gasteiger partial charge in [-0.3, -0.25) is 0 Å². The first-order chi connectivity index (χ1) is 9.27. The topological polar surface area (TPSA) is 69.7 Å². The molecule has 0 amide bonds. The minimum Gasteiger partial charge on any atom is -0.459 e. The van der Waals surface area contributed by atoms with Crippen molar-refractivity contribution in [2.45, 2.75) is 37.9 Å². The average Bonchev–Trinajstić information content (AvgIpc) is 2.37. The van der Waals surface area contributed by atoms with Crippen molar-refractivity contribution < 1.29 is 22.7 Å². The Morgan fingerprint density at radius 2 is 2.00 bits per heavy atom. The third-order valence-electron chi connectivity index (χ3n) is 2.68. The van der Waals surface area contributed by atoms with Gasteiger partial charge in [0.05, 0.1) is 23.2 Å². The summed E-state index contributed by atoms with van der Waals surface area (Å²) in [7, 11) is 2.87. The molecule has 0 aliphatic rings.